The first-order chi connectivity index (χ1) is 6.43. The maximum absolute atomic E-state index is 11.3. The van der Waals surface area contributed by atoms with Crippen LogP contribution in [0.3, 0.4) is 0 Å². The van der Waals surface area contributed by atoms with Crippen molar-refractivity contribution in [1.29, 1.82) is 0 Å². The van der Waals surface area contributed by atoms with Crippen LogP contribution in [0.15, 0.2) is 0 Å². The van der Waals surface area contributed by atoms with Crippen molar-refractivity contribution >= 4 is 5.97 Å². The van der Waals surface area contributed by atoms with Crippen LogP contribution in [0, 0.1) is 5.92 Å². The van der Waals surface area contributed by atoms with Crippen LogP contribution in [0.2, 0.25) is 0 Å². The van der Waals surface area contributed by atoms with Gasteiger partial charge in [0.2, 0.25) is 0 Å². The maximum Gasteiger partial charge on any atom is 0.307 e. The predicted octanol–water partition coefficient (Wildman–Crippen LogP) is 1.96. The lowest BCUT2D eigenvalue weighted by molar-refractivity contribution is -0.144. The first-order valence-electron chi connectivity index (χ1n) is 5.28. The molecule has 0 saturated carbocycles. The number of nitrogens with one attached hydrogen (secondary N) is 1. The zero-order valence-corrected chi connectivity index (χ0v) is 10.0. The third kappa shape index (κ3) is 5.22. The van der Waals surface area contributed by atoms with Gasteiger partial charge in [0.25, 0.3) is 0 Å². The molecule has 0 rings (SSSR count). The molecule has 0 heterocycles. The van der Waals surface area contributed by atoms with Gasteiger partial charge in [-0.15, -0.1) is 0 Å². The molecule has 0 aliphatic carbocycles. The van der Waals surface area contributed by atoms with E-state index in [4.69, 9.17) is 4.74 Å². The first kappa shape index (κ1) is 13.4. The molecule has 1 N–H and O–H groups in total. The van der Waals surface area contributed by atoms with Gasteiger partial charge in [0.1, 0.15) is 0 Å². The molecular weight excluding hydrogens is 178 g/mol. The number of rotatable bonds is 6. The molecule has 0 aliphatic heterocycles. The highest BCUT2D eigenvalue weighted by molar-refractivity contribution is 5.70. The van der Waals surface area contributed by atoms with Crippen LogP contribution >= 0.6 is 0 Å². The zero-order valence-electron chi connectivity index (χ0n) is 10.0. The molecule has 1 atom stereocenters. The molecule has 0 amide bonds. The first-order valence-corrected chi connectivity index (χ1v) is 5.28. The highest BCUT2D eigenvalue weighted by atomic mass is 16.5. The van der Waals surface area contributed by atoms with Gasteiger partial charge in [0, 0.05) is 5.54 Å². The summed E-state index contributed by atoms with van der Waals surface area (Å²) in [5, 5.41) is 3.20. The molecule has 3 nitrogen and oxygen atoms in total. The lowest BCUT2D eigenvalue weighted by Crippen LogP contribution is -2.43. The van der Waals surface area contributed by atoms with E-state index in [9.17, 15) is 4.79 Å². The second-order valence-corrected chi connectivity index (χ2v) is 4.39. The third-order valence-electron chi connectivity index (χ3n) is 2.30. The van der Waals surface area contributed by atoms with E-state index in [-0.39, 0.29) is 11.5 Å². The Kier molecular flexibility index (Phi) is 5.77. The highest BCUT2D eigenvalue weighted by Gasteiger charge is 2.27. The molecule has 0 aromatic carbocycles. The second-order valence-electron chi connectivity index (χ2n) is 4.39. The highest BCUT2D eigenvalue weighted by Crippen LogP contribution is 2.20. The van der Waals surface area contributed by atoms with Crippen molar-refractivity contribution in [2.45, 2.75) is 46.1 Å². The molecule has 0 aliphatic rings. The molecule has 3 heteroatoms. The largest absolute Gasteiger partial charge is 0.466 e. The van der Waals surface area contributed by atoms with Crippen molar-refractivity contribution in [1.82, 2.24) is 5.32 Å². The Morgan fingerprint density at radius 1 is 1.50 bits per heavy atom. The fourth-order valence-corrected chi connectivity index (χ4v) is 1.69. The average Bonchev–Trinajstić information content (AvgIpc) is 2.02. The van der Waals surface area contributed by atoms with Gasteiger partial charge >= 0.3 is 5.97 Å². The van der Waals surface area contributed by atoms with E-state index in [1.54, 1.807) is 0 Å². The Balaban J connectivity index is 4.17. The molecular formula is C11H23NO2. The number of carbonyl (C=O) groups excluding carboxylic acids is 1. The molecule has 0 saturated heterocycles. The van der Waals surface area contributed by atoms with E-state index in [1.165, 1.54) is 0 Å². The molecule has 0 aromatic heterocycles. The van der Waals surface area contributed by atoms with Gasteiger partial charge in [-0.3, -0.25) is 4.79 Å². The smallest absolute Gasteiger partial charge is 0.307 e. The number of hydrogen-bond acceptors (Lipinski definition) is 3. The van der Waals surface area contributed by atoms with Crippen molar-refractivity contribution in [3.05, 3.63) is 0 Å². The van der Waals surface area contributed by atoms with Gasteiger partial charge in [0.05, 0.1) is 13.0 Å². The predicted molar refractivity (Wildman–Crippen MR) is 58.2 cm³/mol. The summed E-state index contributed by atoms with van der Waals surface area (Å²) in [4.78, 5) is 11.3. The van der Waals surface area contributed by atoms with Crippen molar-refractivity contribution in [2.24, 2.45) is 5.92 Å². The summed E-state index contributed by atoms with van der Waals surface area (Å²) in [6.07, 6.45) is 1.41. The van der Waals surface area contributed by atoms with Gasteiger partial charge in [0.15, 0.2) is 0 Å². The van der Waals surface area contributed by atoms with Gasteiger partial charge in [-0.1, -0.05) is 13.8 Å². The van der Waals surface area contributed by atoms with Gasteiger partial charge in [-0.25, -0.2) is 0 Å². The molecule has 0 fully saturated rings. The Bertz CT molecular complexity index is 180. The number of hydrogen-bond donors (Lipinski definition) is 1. The zero-order chi connectivity index (χ0) is 11.2. The summed E-state index contributed by atoms with van der Waals surface area (Å²) in [6, 6.07) is 0. The van der Waals surface area contributed by atoms with Gasteiger partial charge in [-0.05, 0) is 33.2 Å². The van der Waals surface area contributed by atoms with Crippen molar-refractivity contribution in [3.8, 4) is 0 Å². The standard InChI is InChI=1S/C11H23NO2/c1-6-14-10(13)8-11(4,12-5)7-9(2)3/h9,12H,6-8H2,1-5H3. The maximum atomic E-state index is 11.3. The van der Waals surface area contributed by atoms with Crippen LogP contribution < -0.4 is 5.32 Å². The Morgan fingerprint density at radius 2 is 2.07 bits per heavy atom. The Labute approximate surface area is 87.2 Å². The van der Waals surface area contributed by atoms with Gasteiger partial charge < -0.3 is 10.1 Å². The van der Waals surface area contributed by atoms with Crippen LogP contribution in [0.5, 0.6) is 0 Å². The number of esters is 1. The van der Waals surface area contributed by atoms with E-state index in [1.807, 2.05) is 14.0 Å². The Hall–Kier alpha value is -0.570. The number of ether oxygens (including phenoxy) is 1. The summed E-state index contributed by atoms with van der Waals surface area (Å²) in [5.41, 5.74) is -0.138. The van der Waals surface area contributed by atoms with Crippen LogP contribution in [0.4, 0.5) is 0 Å². The molecule has 14 heavy (non-hydrogen) atoms. The molecule has 0 radical (unpaired) electrons. The normalized spacial score (nSPS) is 15.3. The fraction of sp³-hybridized carbons (Fsp3) is 0.909. The lowest BCUT2D eigenvalue weighted by Gasteiger charge is -2.30. The summed E-state index contributed by atoms with van der Waals surface area (Å²) in [7, 11) is 1.89. The quantitative estimate of drug-likeness (QED) is 0.668. The summed E-state index contributed by atoms with van der Waals surface area (Å²) in [5.74, 6) is 0.451. The Morgan fingerprint density at radius 3 is 2.43 bits per heavy atom. The van der Waals surface area contributed by atoms with E-state index in [2.05, 4.69) is 26.1 Å². The number of carbonyl (C=O) groups is 1. The van der Waals surface area contributed by atoms with Crippen LogP contribution in [-0.4, -0.2) is 25.2 Å². The minimum Gasteiger partial charge on any atom is -0.466 e. The molecule has 1 unspecified atom stereocenters. The second kappa shape index (κ2) is 6.02. The molecule has 0 bridgehead atoms. The summed E-state index contributed by atoms with van der Waals surface area (Å²) in [6.45, 7) is 8.66. The average molecular weight is 201 g/mol. The minimum atomic E-state index is -0.138. The monoisotopic (exact) mass is 201 g/mol. The van der Waals surface area contributed by atoms with E-state index >= 15 is 0 Å². The fourth-order valence-electron chi connectivity index (χ4n) is 1.69. The molecule has 0 spiro atoms. The lowest BCUT2D eigenvalue weighted by atomic mass is 9.88. The minimum absolute atomic E-state index is 0.120. The van der Waals surface area contributed by atoms with E-state index in [0.29, 0.717) is 18.9 Å². The van der Waals surface area contributed by atoms with E-state index < -0.39 is 0 Å². The van der Waals surface area contributed by atoms with Crippen LogP contribution in [-0.2, 0) is 9.53 Å². The molecule has 0 aromatic rings. The summed E-state index contributed by atoms with van der Waals surface area (Å²) >= 11 is 0. The van der Waals surface area contributed by atoms with Crippen molar-refractivity contribution in [2.75, 3.05) is 13.7 Å². The topological polar surface area (TPSA) is 38.3 Å². The van der Waals surface area contributed by atoms with Crippen LogP contribution in [0.1, 0.15) is 40.5 Å². The third-order valence-corrected chi connectivity index (χ3v) is 2.30. The van der Waals surface area contributed by atoms with E-state index in [0.717, 1.165) is 6.42 Å². The summed E-state index contributed by atoms with van der Waals surface area (Å²) < 4.78 is 4.94. The van der Waals surface area contributed by atoms with Crippen molar-refractivity contribution in [3.63, 3.8) is 0 Å². The molecule has 84 valence electrons. The van der Waals surface area contributed by atoms with Crippen molar-refractivity contribution < 1.29 is 9.53 Å². The van der Waals surface area contributed by atoms with Crippen LogP contribution in [0.25, 0.3) is 0 Å². The SMILES string of the molecule is CCOC(=O)CC(C)(CC(C)C)NC. The van der Waals surface area contributed by atoms with Gasteiger partial charge in [-0.2, -0.15) is 0 Å².